The normalized spacial score (nSPS) is 20.1. The van der Waals surface area contributed by atoms with Gasteiger partial charge in [0.05, 0.1) is 0 Å². The van der Waals surface area contributed by atoms with Crippen LogP contribution in [0.15, 0.2) is 24.3 Å². The average molecular weight is 317 g/mol. The number of esters is 1. The Morgan fingerprint density at radius 3 is 2.52 bits per heavy atom. The first-order valence-electron chi connectivity index (χ1n) is 8.41. The van der Waals surface area contributed by atoms with Crippen LogP contribution in [0.4, 0.5) is 5.69 Å². The highest BCUT2D eigenvalue weighted by Crippen LogP contribution is 2.38. The standard InChI is InChI=1S/C19H27NO3/c1-5-12-19(13-8-11-16(21)23-18(2,3)4)17(22)14-9-6-7-10-15(14)20-19/h6-7,9-10,20H,5,8,11-13H2,1-4H3. The fourth-order valence-electron chi connectivity index (χ4n) is 3.19. The lowest BCUT2D eigenvalue weighted by molar-refractivity contribution is -0.154. The van der Waals surface area contributed by atoms with Crippen molar-refractivity contribution in [3.63, 3.8) is 0 Å². The number of fused-ring (bicyclic) bond motifs is 1. The summed E-state index contributed by atoms with van der Waals surface area (Å²) < 4.78 is 5.34. The fourth-order valence-corrected chi connectivity index (χ4v) is 3.19. The number of ketones is 1. The summed E-state index contributed by atoms with van der Waals surface area (Å²) in [5.41, 5.74) is 0.637. The molecule has 1 unspecified atom stereocenters. The van der Waals surface area contributed by atoms with Crippen LogP contribution in [0.1, 0.15) is 70.2 Å². The van der Waals surface area contributed by atoms with E-state index in [0.29, 0.717) is 19.3 Å². The Balaban J connectivity index is 2.01. The van der Waals surface area contributed by atoms with E-state index >= 15 is 0 Å². The Morgan fingerprint density at radius 1 is 1.22 bits per heavy atom. The molecule has 4 heteroatoms. The number of benzene rings is 1. The molecule has 2 rings (SSSR count). The summed E-state index contributed by atoms with van der Waals surface area (Å²) in [6.45, 7) is 7.67. The van der Waals surface area contributed by atoms with Crippen LogP contribution in [0.2, 0.25) is 0 Å². The molecule has 23 heavy (non-hydrogen) atoms. The molecule has 0 spiro atoms. The van der Waals surface area contributed by atoms with E-state index in [4.69, 9.17) is 4.74 Å². The zero-order valence-corrected chi connectivity index (χ0v) is 14.6. The SMILES string of the molecule is CCCC1(CCCC(=O)OC(C)(C)C)Nc2ccccc2C1=O. The van der Waals surface area contributed by atoms with E-state index in [1.807, 2.05) is 45.0 Å². The van der Waals surface area contributed by atoms with Crippen molar-refractivity contribution in [1.29, 1.82) is 0 Å². The topological polar surface area (TPSA) is 55.4 Å². The molecule has 1 N–H and O–H groups in total. The predicted octanol–water partition coefficient (Wildman–Crippen LogP) is 4.35. The molecule has 0 saturated carbocycles. The molecule has 0 bridgehead atoms. The zero-order chi connectivity index (χ0) is 17.1. The summed E-state index contributed by atoms with van der Waals surface area (Å²) in [5.74, 6) is -0.0498. The van der Waals surface area contributed by atoms with Gasteiger partial charge in [0.1, 0.15) is 11.1 Å². The second-order valence-electron chi connectivity index (χ2n) is 7.27. The number of hydrogen-bond acceptors (Lipinski definition) is 4. The van der Waals surface area contributed by atoms with Crippen LogP contribution < -0.4 is 5.32 Å². The average Bonchev–Trinajstić information content (AvgIpc) is 2.71. The van der Waals surface area contributed by atoms with Gasteiger partial charge in [0.2, 0.25) is 0 Å². The molecule has 1 aromatic carbocycles. The number of anilines is 1. The Hall–Kier alpha value is -1.84. The first-order valence-corrected chi connectivity index (χ1v) is 8.41. The van der Waals surface area contributed by atoms with Crippen LogP contribution in [0.25, 0.3) is 0 Å². The Bertz CT molecular complexity index is 589. The van der Waals surface area contributed by atoms with Crippen molar-refractivity contribution in [3.8, 4) is 0 Å². The number of nitrogens with one attached hydrogen (secondary N) is 1. The lowest BCUT2D eigenvalue weighted by Gasteiger charge is -2.28. The molecule has 0 fully saturated rings. The fraction of sp³-hybridized carbons (Fsp3) is 0.579. The lowest BCUT2D eigenvalue weighted by Crippen LogP contribution is -2.41. The van der Waals surface area contributed by atoms with E-state index in [1.54, 1.807) is 0 Å². The van der Waals surface area contributed by atoms with Crippen molar-refractivity contribution in [2.45, 2.75) is 70.9 Å². The molecule has 0 amide bonds. The molecule has 0 saturated heterocycles. The number of hydrogen-bond donors (Lipinski definition) is 1. The predicted molar refractivity (Wildman–Crippen MR) is 91.7 cm³/mol. The van der Waals surface area contributed by atoms with Gasteiger partial charge in [0.15, 0.2) is 5.78 Å². The number of Topliss-reactive ketones (excluding diaryl/α,β-unsaturated/α-hetero) is 1. The van der Waals surface area contributed by atoms with Crippen LogP contribution in [0, 0.1) is 0 Å². The van der Waals surface area contributed by atoms with Crippen LogP contribution in [-0.2, 0) is 9.53 Å². The van der Waals surface area contributed by atoms with Gasteiger partial charge in [-0.25, -0.2) is 0 Å². The van der Waals surface area contributed by atoms with Gasteiger partial charge in [0.25, 0.3) is 0 Å². The number of ether oxygens (including phenoxy) is 1. The molecule has 1 aliphatic heterocycles. The maximum Gasteiger partial charge on any atom is 0.306 e. The first-order chi connectivity index (χ1) is 10.8. The highest BCUT2D eigenvalue weighted by Gasteiger charge is 2.43. The maximum absolute atomic E-state index is 12.8. The first kappa shape index (κ1) is 17.5. The molecule has 1 aliphatic rings. The van der Waals surface area contributed by atoms with Crippen molar-refractivity contribution in [1.82, 2.24) is 0 Å². The second-order valence-corrected chi connectivity index (χ2v) is 7.27. The molecule has 1 atom stereocenters. The van der Waals surface area contributed by atoms with Crippen molar-refractivity contribution in [3.05, 3.63) is 29.8 Å². The third-order valence-electron chi connectivity index (χ3n) is 4.06. The van der Waals surface area contributed by atoms with E-state index in [2.05, 4.69) is 12.2 Å². The smallest absolute Gasteiger partial charge is 0.306 e. The quantitative estimate of drug-likeness (QED) is 0.793. The Morgan fingerprint density at radius 2 is 1.91 bits per heavy atom. The minimum Gasteiger partial charge on any atom is -0.460 e. The Kier molecular flexibility index (Phi) is 5.12. The van der Waals surface area contributed by atoms with Gasteiger partial charge in [-0.2, -0.15) is 0 Å². The van der Waals surface area contributed by atoms with Crippen LogP contribution >= 0.6 is 0 Å². The van der Waals surface area contributed by atoms with E-state index < -0.39 is 11.1 Å². The summed E-state index contributed by atoms with van der Waals surface area (Å²) in [7, 11) is 0. The number of carbonyl (C=O) groups is 2. The lowest BCUT2D eigenvalue weighted by atomic mass is 9.84. The molecule has 1 aromatic rings. The monoisotopic (exact) mass is 317 g/mol. The van der Waals surface area contributed by atoms with Gasteiger partial charge in [-0.1, -0.05) is 25.5 Å². The minimum absolute atomic E-state index is 0.152. The maximum atomic E-state index is 12.8. The minimum atomic E-state index is -0.569. The zero-order valence-electron chi connectivity index (χ0n) is 14.6. The summed E-state index contributed by atoms with van der Waals surface area (Å²) in [6, 6.07) is 7.64. The molecule has 0 aromatic heterocycles. The van der Waals surface area contributed by atoms with Crippen molar-refractivity contribution in [2.24, 2.45) is 0 Å². The molecule has 0 aliphatic carbocycles. The summed E-state index contributed by atoms with van der Waals surface area (Å²) in [4.78, 5) is 24.7. The summed E-state index contributed by atoms with van der Waals surface area (Å²) in [6.07, 6.45) is 3.32. The third-order valence-corrected chi connectivity index (χ3v) is 4.06. The molecule has 0 radical (unpaired) electrons. The highest BCUT2D eigenvalue weighted by molar-refractivity contribution is 6.13. The second kappa shape index (κ2) is 6.73. The van der Waals surface area contributed by atoms with Gasteiger partial charge < -0.3 is 10.1 Å². The van der Waals surface area contributed by atoms with E-state index in [-0.39, 0.29) is 11.8 Å². The van der Waals surface area contributed by atoms with Gasteiger partial charge in [-0.05, 0) is 52.2 Å². The van der Waals surface area contributed by atoms with Gasteiger partial charge in [0, 0.05) is 17.7 Å². The number of carbonyl (C=O) groups excluding carboxylic acids is 2. The Labute approximate surface area is 138 Å². The van der Waals surface area contributed by atoms with E-state index in [9.17, 15) is 9.59 Å². The van der Waals surface area contributed by atoms with Crippen LogP contribution in [-0.4, -0.2) is 22.9 Å². The molecule has 1 heterocycles. The van der Waals surface area contributed by atoms with E-state index in [1.165, 1.54) is 0 Å². The molecular weight excluding hydrogens is 290 g/mol. The molecule has 126 valence electrons. The summed E-state index contributed by atoms with van der Waals surface area (Å²) >= 11 is 0. The van der Waals surface area contributed by atoms with Gasteiger partial charge >= 0.3 is 5.97 Å². The number of para-hydroxylation sites is 1. The number of rotatable bonds is 6. The van der Waals surface area contributed by atoms with Crippen molar-refractivity contribution < 1.29 is 14.3 Å². The van der Waals surface area contributed by atoms with Gasteiger partial charge in [-0.15, -0.1) is 0 Å². The molecule has 4 nitrogen and oxygen atoms in total. The highest BCUT2D eigenvalue weighted by atomic mass is 16.6. The summed E-state index contributed by atoms with van der Waals surface area (Å²) in [5, 5.41) is 3.42. The van der Waals surface area contributed by atoms with Crippen LogP contribution in [0.3, 0.4) is 0 Å². The van der Waals surface area contributed by atoms with Crippen LogP contribution in [0.5, 0.6) is 0 Å². The van der Waals surface area contributed by atoms with Gasteiger partial charge in [-0.3, -0.25) is 9.59 Å². The van der Waals surface area contributed by atoms with Crippen molar-refractivity contribution >= 4 is 17.4 Å². The molecular formula is C19H27NO3. The largest absolute Gasteiger partial charge is 0.460 e. The third kappa shape index (κ3) is 4.12. The van der Waals surface area contributed by atoms with Crippen molar-refractivity contribution in [2.75, 3.05) is 5.32 Å². The van der Waals surface area contributed by atoms with E-state index in [0.717, 1.165) is 24.1 Å².